The van der Waals surface area contributed by atoms with Gasteiger partial charge >= 0.3 is 0 Å². The maximum absolute atomic E-state index is 11.6. The van der Waals surface area contributed by atoms with E-state index in [4.69, 9.17) is 5.73 Å². The minimum Gasteiger partial charge on any atom is -0.394 e. The van der Waals surface area contributed by atoms with Crippen molar-refractivity contribution in [3.63, 3.8) is 0 Å². The number of aromatic nitrogens is 2. The molecule has 0 bridgehead atoms. The Bertz CT molecular complexity index is 413. The molecule has 102 valence electrons. The van der Waals surface area contributed by atoms with E-state index in [-0.39, 0.29) is 12.5 Å². The highest BCUT2D eigenvalue weighted by atomic mass is 16.2. The lowest BCUT2D eigenvalue weighted by atomic mass is 10.3. The SMILES string of the molecule is CCCn1nc(C)c(N)c1N(C)CC(=O)NCC. The Morgan fingerprint density at radius 2 is 2.17 bits per heavy atom. The zero-order chi connectivity index (χ0) is 13.7. The number of nitrogens with one attached hydrogen (secondary N) is 1. The van der Waals surface area contributed by atoms with E-state index in [1.807, 2.05) is 30.5 Å². The molecule has 0 fully saturated rings. The summed E-state index contributed by atoms with van der Waals surface area (Å²) in [5.74, 6) is 0.807. The molecule has 0 aliphatic rings. The summed E-state index contributed by atoms with van der Waals surface area (Å²) in [6, 6.07) is 0. The number of amides is 1. The number of nitrogens with zero attached hydrogens (tertiary/aromatic N) is 3. The second-order valence-corrected chi connectivity index (χ2v) is 4.36. The van der Waals surface area contributed by atoms with Gasteiger partial charge in [0.05, 0.1) is 17.9 Å². The molecule has 0 saturated heterocycles. The summed E-state index contributed by atoms with van der Waals surface area (Å²) in [7, 11) is 1.86. The predicted molar refractivity (Wildman–Crippen MR) is 73.6 cm³/mol. The fourth-order valence-corrected chi connectivity index (χ4v) is 1.90. The fourth-order valence-electron chi connectivity index (χ4n) is 1.90. The van der Waals surface area contributed by atoms with Crippen LogP contribution in [0.1, 0.15) is 26.0 Å². The molecule has 0 saturated carbocycles. The Morgan fingerprint density at radius 3 is 2.72 bits per heavy atom. The minimum atomic E-state index is -0.0127. The predicted octanol–water partition coefficient (Wildman–Crippen LogP) is 0.756. The van der Waals surface area contributed by atoms with Crippen LogP contribution in [-0.2, 0) is 11.3 Å². The summed E-state index contributed by atoms with van der Waals surface area (Å²) < 4.78 is 1.86. The van der Waals surface area contributed by atoms with Gasteiger partial charge in [-0.3, -0.25) is 4.79 Å². The van der Waals surface area contributed by atoms with Gasteiger partial charge in [-0.15, -0.1) is 0 Å². The molecule has 0 aliphatic carbocycles. The maximum Gasteiger partial charge on any atom is 0.239 e. The van der Waals surface area contributed by atoms with Crippen molar-refractivity contribution in [1.82, 2.24) is 15.1 Å². The quantitative estimate of drug-likeness (QED) is 0.784. The van der Waals surface area contributed by atoms with Gasteiger partial charge in [0.25, 0.3) is 0 Å². The highest BCUT2D eigenvalue weighted by molar-refractivity contribution is 5.82. The van der Waals surface area contributed by atoms with Crippen LogP contribution in [-0.4, -0.2) is 35.8 Å². The van der Waals surface area contributed by atoms with Crippen LogP contribution in [0.15, 0.2) is 0 Å². The van der Waals surface area contributed by atoms with Crippen LogP contribution in [0.2, 0.25) is 0 Å². The van der Waals surface area contributed by atoms with Crippen LogP contribution >= 0.6 is 0 Å². The molecular weight excluding hydrogens is 230 g/mol. The van der Waals surface area contributed by atoms with Crippen molar-refractivity contribution in [3.8, 4) is 0 Å². The van der Waals surface area contributed by atoms with Crippen LogP contribution in [0.4, 0.5) is 11.5 Å². The molecule has 0 atom stereocenters. The smallest absolute Gasteiger partial charge is 0.239 e. The molecule has 1 rings (SSSR count). The zero-order valence-electron chi connectivity index (χ0n) is 11.7. The van der Waals surface area contributed by atoms with Crippen molar-refractivity contribution in [2.24, 2.45) is 0 Å². The fraction of sp³-hybridized carbons (Fsp3) is 0.667. The molecule has 0 radical (unpaired) electrons. The second kappa shape index (κ2) is 6.28. The van der Waals surface area contributed by atoms with Gasteiger partial charge in [0.2, 0.25) is 5.91 Å². The van der Waals surface area contributed by atoms with E-state index in [0.29, 0.717) is 12.2 Å². The van der Waals surface area contributed by atoms with Gasteiger partial charge in [0.1, 0.15) is 0 Å². The van der Waals surface area contributed by atoms with E-state index < -0.39 is 0 Å². The van der Waals surface area contributed by atoms with Crippen LogP contribution in [0.3, 0.4) is 0 Å². The Kier molecular flexibility index (Phi) is 5.00. The molecule has 3 N–H and O–H groups in total. The molecule has 6 heteroatoms. The Balaban J connectivity index is 2.89. The highest BCUT2D eigenvalue weighted by Crippen LogP contribution is 2.25. The number of hydrogen-bond acceptors (Lipinski definition) is 4. The highest BCUT2D eigenvalue weighted by Gasteiger charge is 2.17. The van der Waals surface area contributed by atoms with Crippen LogP contribution in [0.25, 0.3) is 0 Å². The molecule has 1 aromatic heterocycles. The van der Waals surface area contributed by atoms with Gasteiger partial charge in [0, 0.05) is 20.1 Å². The molecule has 1 aromatic rings. The normalized spacial score (nSPS) is 10.4. The monoisotopic (exact) mass is 253 g/mol. The van der Waals surface area contributed by atoms with Crippen molar-refractivity contribution in [2.75, 3.05) is 30.8 Å². The number of nitrogens with two attached hydrogens (primary N) is 1. The summed E-state index contributed by atoms with van der Waals surface area (Å²) in [4.78, 5) is 13.4. The number of anilines is 2. The first kappa shape index (κ1) is 14.3. The van der Waals surface area contributed by atoms with Gasteiger partial charge in [-0.2, -0.15) is 5.10 Å². The summed E-state index contributed by atoms with van der Waals surface area (Å²) >= 11 is 0. The lowest BCUT2D eigenvalue weighted by Crippen LogP contribution is -2.36. The van der Waals surface area contributed by atoms with Gasteiger partial charge in [0.15, 0.2) is 5.82 Å². The Labute approximate surface area is 108 Å². The molecule has 1 amide bonds. The molecule has 6 nitrogen and oxygen atoms in total. The number of carbonyl (C=O) groups is 1. The molecule has 0 aliphatic heterocycles. The van der Waals surface area contributed by atoms with Gasteiger partial charge in [-0.25, -0.2) is 4.68 Å². The first-order chi connectivity index (χ1) is 8.51. The summed E-state index contributed by atoms with van der Waals surface area (Å²) in [5.41, 5.74) is 7.48. The number of nitrogen functional groups attached to an aromatic ring is 1. The minimum absolute atomic E-state index is 0.0127. The number of aryl methyl sites for hydroxylation is 2. The molecule has 18 heavy (non-hydrogen) atoms. The van der Waals surface area contributed by atoms with E-state index in [1.54, 1.807) is 0 Å². The van der Waals surface area contributed by atoms with Crippen molar-refractivity contribution in [1.29, 1.82) is 0 Å². The number of hydrogen-bond donors (Lipinski definition) is 2. The molecule has 1 heterocycles. The third kappa shape index (κ3) is 3.15. The van der Waals surface area contributed by atoms with Crippen LogP contribution in [0, 0.1) is 6.92 Å². The van der Waals surface area contributed by atoms with Gasteiger partial charge in [-0.05, 0) is 20.3 Å². The van der Waals surface area contributed by atoms with Crippen LogP contribution < -0.4 is 16.0 Å². The summed E-state index contributed by atoms with van der Waals surface area (Å²) in [5, 5.41) is 7.17. The van der Waals surface area contributed by atoms with E-state index in [2.05, 4.69) is 17.3 Å². The van der Waals surface area contributed by atoms with Gasteiger partial charge < -0.3 is 16.0 Å². The van der Waals surface area contributed by atoms with Gasteiger partial charge in [-0.1, -0.05) is 6.92 Å². The number of likely N-dealkylation sites (N-methyl/N-ethyl adjacent to an activating group) is 2. The lowest BCUT2D eigenvalue weighted by molar-refractivity contribution is -0.119. The summed E-state index contributed by atoms with van der Waals surface area (Å²) in [6.45, 7) is 7.58. The molecule has 0 unspecified atom stereocenters. The number of rotatable bonds is 6. The second-order valence-electron chi connectivity index (χ2n) is 4.36. The number of carbonyl (C=O) groups excluding carboxylic acids is 1. The molecular formula is C12H23N5O. The maximum atomic E-state index is 11.6. The third-order valence-corrected chi connectivity index (χ3v) is 2.70. The van der Waals surface area contributed by atoms with E-state index in [1.165, 1.54) is 0 Å². The van der Waals surface area contributed by atoms with Crippen molar-refractivity contribution in [2.45, 2.75) is 33.7 Å². The van der Waals surface area contributed by atoms with E-state index in [9.17, 15) is 4.79 Å². The lowest BCUT2D eigenvalue weighted by Gasteiger charge is -2.20. The third-order valence-electron chi connectivity index (χ3n) is 2.70. The topological polar surface area (TPSA) is 76.2 Å². The van der Waals surface area contributed by atoms with E-state index >= 15 is 0 Å². The summed E-state index contributed by atoms with van der Waals surface area (Å²) in [6.07, 6.45) is 0.975. The Hall–Kier alpha value is -1.72. The first-order valence-electron chi connectivity index (χ1n) is 6.31. The average Bonchev–Trinajstić information content (AvgIpc) is 2.55. The largest absolute Gasteiger partial charge is 0.394 e. The average molecular weight is 253 g/mol. The van der Waals surface area contributed by atoms with Crippen molar-refractivity contribution < 1.29 is 4.79 Å². The van der Waals surface area contributed by atoms with Crippen molar-refractivity contribution >= 4 is 17.4 Å². The molecule has 0 spiro atoms. The standard InChI is InChI=1S/C12H23N5O/c1-5-7-17-12(11(13)9(3)15-17)16(4)8-10(18)14-6-2/h5-8,13H2,1-4H3,(H,14,18). The zero-order valence-corrected chi connectivity index (χ0v) is 11.7. The van der Waals surface area contributed by atoms with Crippen LogP contribution in [0.5, 0.6) is 0 Å². The molecule has 0 aromatic carbocycles. The van der Waals surface area contributed by atoms with Crippen molar-refractivity contribution in [3.05, 3.63) is 5.69 Å². The Morgan fingerprint density at radius 1 is 1.50 bits per heavy atom. The first-order valence-corrected chi connectivity index (χ1v) is 6.31. The van der Waals surface area contributed by atoms with E-state index in [0.717, 1.165) is 24.5 Å².